The van der Waals surface area contributed by atoms with Crippen molar-refractivity contribution in [2.75, 3.05) is 0 Å². The van der Waals surface area contributed by atoms with Crippen LogP contribution >= 0.6 is 11.8 Å². The molecule has 2 N–H and O–H groups in total. The van der Waals surface area contributed by atoms with E-state index < -0.39 is 17.8 Å². The largest absolute Gasteiger partial charge is 0.350 e. The number of carbonyl (C=O) groups excluding carboxylic acids is 2. The van der Waals surface area contributed by atoms with Gasteiger partial charge < -0.3 is 5.73 Å². The molecule has 0 aliphatic carbocycles. The van der Waals surface area contributed by atoms with Crippen molar-refractivity contribution in [1.82, 2.24) is 4.42 Å². The van der Waals surface area contributed by atoms with E-state index in [1.165, 1.54) is 18.2 Å². The molecule has 0 atom stereocenters. The molecule has 0 saturated carbocycles. The summed E-state index contributed by atoms with van der Waals surface area (Å²) in [5.41, 5.74) is 4.43. The van der Waals surface area contributed by atoms with E-state index in [-0.39, 0.29) is 9.98 Å². The van der Waals surface area contributed by atoms with Crippen LogP contribution in [0.5, 0.6) is 0 Å². The van der Waals surface area contributed by atoms with Gasteiger partial charge in [-0.05, 0) is 12.1 Å². The number of imide groups is 1. The number of rotatable bonds is 1. The molecule has 0 fully saturated rings. The maximum Gasteiger partial charge on any atom is 0.336 e. The number of hydrogen-bond acceptors (Lipinski definition) is 2. The Morgan fingerprint density at radius 1 is 1.36 bits per heavy atom. The number of halogens is 2. The Kier molecular flexibility index (Phi) is 3.03. The van der Waals surface area contributed by atoms with Crippen molar-refractivity contribution >= 4 is 23.7 Å². The van der Waals surface area contributed by atoms with Gasteiger partial charge in [0.25, 0.3) is 5.91 Å². The third-order valence-electron chi connectivity index (χ3n) is 1.48. The molecule has 0 unspecified atom stereocenters. The number of carbonyl (C=O) groups is 2. The zero-order chi connectivity index (χ0) is 10.7. The van der Waals surface area contributed by atoms with Gasteiger partial charge in [-0.3, -0.25) is 4.79 Å². The average Bonchev–Trinajstić information content (AvgIpc) is 2.16. The van der Waals surface area contributed by atoms with Crippen LogP contribution in [-0.4, -0.2) is 16.4 Å². The van der Waals surface area contributed by atoms with Crippen LogP contribution in [0.3, 0.4) is 0 Å². The minimum absolute atomic E-state index is 0.123. The summed E-state index contributed by atoms with van der Waals surface area (Å²) in [7, 11) is 0. The lowest BCUT2D eigenvalue weighted by Crippen LogP contribution is -2.33. The van der Waals surface area contributed by atoms with Crippen molar-refractivity contribution in [3.05, 3.63) is 35.6 Å². The molecular formula is C8H6ClFN2O2. The predicted octanol–water partition coefficient (Wildman–Crippen LogP) is 1.50. The van der Waals surface area contributed by atoms with E-state index in [0.717, 1.165) is 6.07 Å². The molecule has 1 rings (SSSR count). The van der Waals surface area contributed by atoms with Crippen molar-refractivity contribution in [3.8, 4) is 0 Å². The highest BCUT2D eigenvalue weighted by molar-refractivity contribution is 6.32. The fourth-order valence-electron chi connectivity index (χ4n) is 0.840. The van der Waals surface area contributed by atoms with Crippen LogP contribution in [0.25, 0.3) is 0 Å². The van der Waals surface area contributed by atoms with Crippen molar-refractivity contribution in [2.24, 2.45) is 5.73 Å². The van der Waals surface area contributed by atoms with Crippen molar-refractivity contribution in [3.63, 3.8) is 0 Å². The van der Waals surface area contributed by atoms with Crippen molar-refractivity contribution in [2.45, 2.75) is 0 Å². The summed E-state index contributed by atoms with van der Waals surface area (Å²) in [5, 5.41) is 0. The molecule has 74 valence electrons. The van der Waals surface area contributed by atoms with Gasteiger partial charge in [0, 0.05) is 11.8 Å². The highest BCUT2D eigenvalue weighted by atomic mass is 35.5. The molecule has 0 heterocycles. The first-order valence-electron chi connectivity index (χ1n) is 3.58. The first kappa shape index (κ1) is 10.5. The lowest BCUT2D eigenvalue weighted by atomic mass is 10.2. The fourth-order valence-corrected chi connectivity index (χ4v) is 0.932. The summed E-state index contributed by atoms with van der Waals surface area (Å²) in [6.45, 7) is 0. The minimum atomic E-state index is -1.15. The molecule has 6 heteroatoms. The molecule has 0 spiro atoms. The summed E-state index contributed by atoms with van der Waals surface area (Å²) in [5.74, 6) is -1.75. The van der Waals surface area contributed by atoms with E-state index in [4.69, 9.17) is 17.5 Å². The molecular weight excluding hydrogens is 211 g/mol. The van der Waals surface area contributed by atoms with Gasteiger partial charge in [-0.1, -0.05) is 12.1 Å². The standard InChI is InChI=1S/C8H6ClFN2O2/c9-12(8(11)14)7(13)5-3-1-2-4-6(5)10/h1-4H,(H2,11,14). The van der Waals surface area contributed by atoms with Gasteiger partial charge in [0.05, 0.1) is 5.56 Å². The number of benzene rings is 1. The Bertz CT molecular complexity index is 383. The van der Waals surface area contributed by atoms with Crippen LogP contribution in [0.4, 0.5) is 9.18 Å². The van der Waals surface area contributed by atoms with Gasteiger partial charge in [0.2, 0.25) is 0 Å². The molecule has 1 aromatic carbocycles. The van der Waals surface area contributed by atoms with Gasteiger partial charge in [-0.2, -0.15) is 4.42 Å². The Balaban J connectivity index is 3.01. The minimum Gasteiger partial charge on any atom is -0.350 e. The fraction of sp³-hybridized carbons (Fsp3) is 0. The average molecular weight is 217 g/mol. The third-order valence-corrected chi connectivity index (χ3v) is 1.80. The summed E-state index contributed by atoms with van der Waals surface area (Å²) in [6, 6.07) is 3.99. The third kappa shape index (κ3) is 2.00. The van der Waals surface area contributed by atoms with Gasteiger partial charge in [0.1, 0.15) is 5.82 Å². The summed E-state index contributed by atoms with van der Waals surface area (Å²) in [6.07, 6.45) is 0. The Hall–Kier alpha value is -1.62. The van der Waals surface area contributed by atoms with Gasteiger partial charge in [-0.15, -0.1) is 0 Å². The normalized spacial score (nSPS) is 9.57. The topological polar surface area (TPSA) is 63.4 Å². The smallest absolute Gasteiger partial charge is 0.336 e. The van der Waals surface area contributed by atoms with Crippen LogP contribution < -0.4 is 5.73 Å². The molecule has 0 radical (unpaired) electrons. The quantitative estimate of drug-likeness (QED) is 0.723. The van der Waals surface area contributed by atoms with E-state index in [0.29, 0.717) is 0 Å². The first-order valence-corrected chi connectivity index (χ1v) is 3.92. The van der Waals surface area contributed by atoms with E-state index in [1.807, 2.05) is 0 Å². The second-order valence-electron chi connectivity index (χ2n) is 2.40. The number of primary amides is 1. The van der Waals surface area contributed by atoms with E-state index in [2.05, 4.69) is 0 Å². The highest BCUT2D eigenvalue weighted by Crippen LogP contribution is 2.11. The molecule has 1 aromatic rings. The van der Waals surface area contributed by atoms with Crippen LogP contribution in [-0.2, 0) is 0 Å². The lowest BCUT2D eigenvalue weighted by molar-refractivity contribution is 0.0887. The van der Waals surface area contributed by atoms with Crippen LogP contribution in [0, 0.1) is 5.82 Å². The monoisotopic (exact) mass is 216 g/mol. The number of hydrogen-bond donors (Lipinski definition) is 1. The molecule has 0 bridgehead atoms. The van der Waals surface area contributed by atoms with Crippen molar-refractivity contribution < 1.29 is 14.0 Å². The molecule has 0 saturated heterocycles. The molecule has 3 amide bonds. The van der Waals surface area contributed by atoms with Gasteiger partial charge in [-0.25, -0.2) is 9.18 Å². The summed E-state index contributed by atoms with van der Waals surface area (Å²) in [4.78, 5) is 21.8. The second-order valence-corrected chi connectivity index (χ2v) is 2.74. The molecule has 14 heavy (non-hydrogen) atoms. The molecule has 0 aliphatic rings. The number of amides is 3. The van der Waals surface area contributed by atoms with Crippen molar-refractivity contribution in [1.29, 1.82) is 0 Å². The number of nitrogens with two attached hydrogens (primary N) is 1. The maximum atomic E-state index is 13.0. The number of urea groups is 1. The molecule has 4 nitrogen and oxygen atoms in total. The van der Waals surface area contributed by atoms with Gasteiger partial charge in [0.15, 0.2) is 0 Å². The van der Waals surface area contributed by atoms with E-state index >= 15 is 0 Å². The summed E-state index contributed by atoms with van der Waals surface area (Å²) >= 11 is 5.22. The lowest BCUT2D eigenvalue weighted by Gasteiger charge is -2.08. The zero-order valence-corrected chi connectivity index (χ0v) is 7.66. The second kappa shape index (κ2) is 4.06. The Morgan fingerprint density at radius 2 is 1.93 bits per heavy atom. The molecule has 0 aromatic heterocycles. The van der Waals surface area contributed by atoms with E-state index in [1.54, 1.807) is 0 Å². The first-order chi connectivity index (χ1) is 6.54. The zero-order valence-electron chi connectivity index (χ0n) is 6.91. The Labute approximate surface area is 84.2 Å². The van der Waals surface area contributed by atoms with Gasteiger partial charge >= 0.3 is 6.03 Å². The van der Waals surface area contributed by atoms with Crippen LogP contribution in [0.2, 0.25) is 0 Å². The molecule has 0 aliphatic heterocycles. The van der Waals surface area contributed by atoms with E-state index in [9.17, 15) is 14.0 Å². The maximum absolute atomic E-state index is 13.0. The Morgan fingerprint density at radius 3 is 2.43 bits per heavy atom. The SMILES string of the molecule is NC(=O)N(Cl)C(=O)c1ccccc1F. The highest BCUT2D eigenvalue weighted by Gasteiger charge is 2.20. The van der Waals surface area contributed by atoms with Crippen LogP contribution in [0.15, 0.2) is 24.3 Å². The predicted molar refractivity (Wildman–Crippen MR) is 48.0 cm³/mol. The van der Waals surface area contributed by atoms with Crippen LogP contribution in [0.1, 0.15) is 10.4 Å². The summed E-state index contributed by atoms with van der Waals surface area (Å²) < 4.78 is 13.1. The number of nitrogens with zero attached hydrogens (tertiary/aromatic N) is 1.